The number of rotatable bonds is 8. The van der Waals surface area contributed by atoms with Gasteiger partial charge >= 0.3 is 0 Å². The van der Waals surface area contributed by atoms with Crippen LogP contribution in [0, 0.1) is 5.82 Å². The van der Waals surface area contributed by atoms with Gasteiger partial charge in [0.2, 0.25) is 15.9 Å². The molecule has 0 bridgehead atoms. The maximum Gasteiger partial charge on any atom is 0.243 e. The molecule has 2 N–H and O–H groups in total. The number of carbonyl (C=O) groups is 1. The third-order valence-electron chi connectivity index (χ3n) is 3.69. The van der Waals surface area contributed by atoms with Gasteiger partial charge in [0.25, 0.3) is 0 Å². The zero-order valence-electron chi connectivity index (χ0n) is 14.6. The van der Waals surface area contributed by atoms with E-state index in [1.807, 2.05) is 6.07 Å². The fourth-order valence-corrected chi connectivity index (χ4v) is 3.42. The van der Waals surface area contributed by atoms with Crippen molar-refractivity contribution in [1.82, 2.24) is 30.0 Å². The molecule has 146 valence electrons. The summed E-state index contributed by atoms with van der Waals surface area (Å²) in [4.78, 5) is 15.4. The molecule has 0 saturated carbocycles. The molecular weight excluding hydrogens is 387 g/mol. The number of nitrogens with zero attached hydrogens (tertiary/aromatic N) is 4. The molecule has 0 saturated heterocycles. The lowest BCUT2D eigenvalue weighted by atomic mass is 10.3. The summed E-state index contributed by atoms with van der Waals surface area (Å²) in [5, 5.41) is 10.5. The van der Waals surface area contributed by atoms with Crippen LogP contribution in [-0.4, -0.2) is 40.8 Å². The summed E-state index contributed by atoms with van der Waals surface area (Å²) in [7, 11) is -4.02. The summed E-state index contributed by atoms with van der Waals surface area (Å²) < 4.78 is 41.4. The van der Waals surface area contributed by atoms with Gasteiger partial charge in [-0.3, -0.25) is 9.78 Å². The van der Waals surface area contributed by atoms with Crippen molar-refractivity contribution in [2.24, 2.45) is 0 Å². The zero-order chi connectivity index (χ0) is 20.0. The molecule has 1 amide bonds. The maximum absolute atomic E-state index is 13.6. The molecule has 9 nitrogen and oxygen atoms in total. The van der Waals surface area contributed by atoms with Gasteiger partial charge in [-0.2, -0.15) is 0 Å². The Labute approximate surface area is 160 Å². The second kappa shape index (κ2) is 8.67. The van der Waals surface area contributed by atoms with Crippen molar-refractivity contribution >= 4 is 15.9 Å². The molecular formula is C17H17FN6O3S. The fraction of sp³-hybridized carbons (Fsp3) is 0.176. The molecule has 3 aromatic rings. The predicted octanol–water partition coefficient (Wildman–Crippen LogP) is 0.786. The van der Waals surface area contributed by atoms with Crippen LogP contribution in [0.25, 0.3) is 5.69 Å². The van der Waals surface area contributed by atoms with Crippen LogP contribution in [0.2, 0.25) is 0 Å². The number of halogens is 1. The minimum absolute atomic E-state index is 0.107. The van der Waals surface area contributed by atoms with Crippen LogP contribution in [0.1, 0.15) is 12.1 Å². The van der Waals surface area contributed by atoms with Crippen molar-refractivity contribution in [2.75, 3.05) is 6.54 Å². The van der Waals surface area contributed by atoms with Crippen LogP contribution < -0.4 is 10.0 Å². The van der Waals surface area contributed by atoms with Crippen molar-refractivity contribution in [2.45, 2.75) is 17.9 Å². The lowest BCUT2D eigenvalue weighted by Crippen LogP contribution is -2.31. The number of carbonyl (C=O) groups excluding carboxylic acids is 1. The molecule has 0 unspecified atom stereocenters. The molecule has 2 heterocycles. The van der Waals surface area contributed by atoms with Gasteiger partial charge in [0, 0.05) is 19.2 Å². The lowest BCUT2D eigenvalue weighted by molar-refractivity contribution is -0.121. The summed E-state index contributed by atoms with van der Waals surface area (Å²) in [5.41, 5.74) is 1.26. The first-order chi connectivity index (χ1) is 13.5. The second-order valence-electron chi connectivity index (χ2n) is 5.72. The van der Waals surface area contributed by atoms with Crippen LogP contribution in [0.15, 0.2) is 59.9 Å². The van der Waals surface area contributed by atoms with Crippen molar-refractivity contribution < 1.29 is 17.6 Å². The summed E-state index contributed by atoms with van der Waals surface area (Å²) in [6, 6.07) is 8.60. The summed E-state index contributed by atoms with van der Waals surface area (Å²) in [6.45, 7) is -0.0238. The van der Waals surface area contributed by atoms with Crippen molar-refractivity contribution in [1.29, 1.82) is 0 Å². The Hall–Kier alpha value is -3.18. The number of aromatic nitrogens is 4. The molecule has 3 rings (SSSR count). The number of hydrogen-bond donors (Lipinski definition) is 2. The van der Waals surface area contributed by atoms with Gasteiger partial charge in [-0.15, -0.1) is 5.10 Å². The van der Waals surface area contributed by atoms with E-state index in [4.69, 9.17) is 0 Å². The number of hydrogen-bond acceptors (Lipinski definition) is 6. The average molecular weight is 404 g/mol. The highest BCUT2D eigenvalue weighted by atomic mass is 32.2. The van der Waals surface area contributed by atoms with E-state index in [0.29, 0.717) is 5.69 Å². The van der Waals surface area contributed by atoms with Crippen molar-refractivity contribution in [3.05, 3.63) is 66.5 Å². The van der Waals surface area contributed by atoms with E-state index in [0.717, 1.165) is 17.8 Å². The first-order valence-corrected chi connectivity index (χ1v) is 9.76. The standard InChI is InChI=1S/C17H17FN6O3S/c18-15-5-1-2-6-16(15)28(26,27)21-9-7-17(25)20-10-13-12-24(23-22-13)14-4-3-8-19-11-14/h1-6,8,11-12,21H,7,9-10H2,(H,20,25). The van der Waals surface area contributed by atoms with Crippen LogP contribution in [0.5, 0.6) is 0 Å². The van der Waals surface area contributed by atoms with Gasteiger partial charge in [0.1, 0.15) is 16.4 Å². The van der Waals surface area contributed by atoms with E-state index in [1.54, 1.807) is 24.7 Å². The molecule has 2 aromatic heterocycles. The third kappa shape index (κ3) is 4.96. The topological polar surface area (TPSA) is 119 Å². The quantitative estimate of drug-likeness (QED) is 0.573. The summed E-state index contributed by atoms with van der Waals surface area (Å²) in [5.74, 6) is -1.23. The predicted molar refractivity (Wildman–Crippen MR) is 97.2 cm³/mol. The van der Waals surface area contributed by atoms with Gasteiger partial charge in [-0.25, -0.2) is 22.2 Å². The largest absolute Gasteiger partial charge is 0.350 e. The minimum atomic E-state index is -4.02. The zero-order valence-corrected chi connectivity index (χ0v) is 15.4. The highest BCUT2D eigenvalue weighted by Crippen LogP contribution is 2.12. The van der Waals surface area contributed by atoms with E-state index >= 15 is 0 Å². The van der Waals surface area contributed by atoms with Gasteiger partial charge in [0.15, 0.2) is 0 Å². The number of pyridine rings is 1. The maximum atomic E-state index is 13.6. The molecule has 0 aliphatic rings. The van der Waals surface area contributed by atoms with Gasteiger partial charge in [-0.1, -0.05) is 17.3 Å². The molecule has 0 atom stereocenters. The minimum Gasteiger partial charge on any atom is -0.350 e. The molecule has 0 radical (unpaired) electrons. The Morgan fingerprint density at radius 1 is 1.18 bits per heavy atom. The molecule has 0 aliphatic carbocycles. The Bertz CT molecular complexity index is 1060. The molecule has 0 aliphatic heterocycles. The first kappa shape index (κ1) is 19.6. The normalized spacial score (nSPS) is 11.3. The number of amides is 1. The van der Waals surface area contributed by atoms with Gasteiger partial charge < -0.3 is 5.32 Å². The Morgan fingerprint density at radius 2 is 2.00 bits per heavy atom. The number of nitrogens with one attached hydrogen (secondary N) is 2. The molecule has 0 spiro atoms. The highest BCUT2D eigenvalue weighted by Gasteiger charge is 2.18. The molecule has 28 heavy (non-hydrogen) atoms. The fourth-order valence-electron chi connectivity index (χ4n) is 2.31. The Morgan fingerprint density at radius 3 is 2.75 bits per heavy atom. The Balaban J connectivity index is 1.46. The second-order valence-corrected chi connectivity index (χ2v) is 7.46. The molecule has 0 fully saturated rings. The average Bonchev–Trinajstić information content (AvgIpc) is 3.16. The SMILES string of the molecule is O=C(CCNS(=O)(=O)c1ccccc1F)NCc1cn(-c2cccnc2)nn1. The Kier molecular flexibility index (Phi) is 6.06. The number of benzene rings is 1. The molecule has 11 heteroatoms. The first-order valence-electron chi connectivity index (χ1n) is 8.28. The van der Waals surface area contributed by atoms with E-state index < -0.39 is 20.7 Å². The van der Waals surface area contributed by atoms with E-state index in [-0.39, 0.29) is 25.4 Å². The highest BCUT2D eigenvalue weighted by molar-refractivity contribution is 7.89. The van der Waals surface area contributed by atoms with Crippen molar-refractivity contribution in [3.63, 3.8) is 0 Å². The van der Waals surface area contributed by atoms with E-state index in [9.17, 15) is 17.6 Å². The molecule has 1 aromatic carbocycles. The van der Waals surface area contributed by atoms with Crippen LogP contribution in [0.4, 0.5) is 4.39 Å². The number of sulfonamides is 1. The van der Waals surface area contributed by atoms with Crippen LogP contribution in [-0.2, 0) is 21.4 Å². The summed E-state index contributed by atoms with van der Waals surface area (Å²) >= 11 is 0. The lowest BCUT2D eigenvalue weighted by Gasteiger charge is -2.07. The third-order valence-corrected chi connectivity index (χ3v) is 5.18. The monoisotopic (exact) mass is 404 g/mol. The van der Waals surface area contributed by atoms with E-state index in [1.165, 1.54) is 16.8 Å². The van der Waals surface area contributed by atoms with Crippen LogP contribution in [0.3, 0.4) is 0 Å². The van der Waals surface area contributed by atoms with Crippen molar-refractivity contribution in [3.8, 4) is 5.69 Å². The van der Waals surface area contributed by atoms with Crippen LogP contribution >= 0.6 is 0 Å². The van der Waals surface area contributed by atoms with Gasteiger partial charge in [-0.05, 0) is 24.3 Å². The van der Waals surface area contributed by atoms with Gasteiger partial charge in [0.05, 0.1) is 24.6 Å². The smallest absolute Gasteiger partial charge is 0.243 e. The summed E-state index contributed by atoms with van der Waals surface area (Å²) in [6.07, 6.45) is 4.81. The van der Waals surface area contributed by atoms with E-state index in [2.05, 4.69) is 25.3 Å².